The third-order valence-electron chi connectivity index (χ3n) is 3.88. The van der Waals surface area contributed by atoms with Gasteiger partial charge in [0.15, 0.2) is 0 Å². The number of nitrogens with one attached hydrogen (secondary N) is 1. The van der Waals surface area contributed by atoms with E-state index in [0.717, 1.165) is 24.9 Å². The second-order valence-electron chi connectivity index (χ2n) is 6.15. The van der Waals surface area contributed by atoms with Crippen molar-refractivity contribution in [1.82, 2.24) is 5.32 Å². The predicted octanol–water partition coefficient (Wildman–Crippen LogP) is 4.65. The van der Waals surface area contributed by atoms with Gasteiger partial charge in [-0.25, -0.2) is 0 Å². The molecule has 1 nitrogen and oxygen atoms in total. The van der Waals surface area contributed by atoms with Gasteiger partial charge in [0.1, 0.15) is 0 Å². The Kier molecular flexibility index (Phi) is 5.60. The van der Waals surface area contributed by atoms with Crippen molar-refractivity contribution in [1.29, 1.82) is 0 Å². The standard InChI is InChI=1S/C19H27N/c1-4-20-14-16(12-15(2)3)13-18-10-7-9-17-8-5-6-11-19(17)18/h5-11,15-16,20H,4,12-14H2,1-3H3. The molecule has 1 heteroatoms. The molecule has 0 saturated carbocycles. The van der Waals surface area contributed by atoms with Crippen LogP contribution in [0.25, 0.3) is 10.8 Å². The first-order valence-corrected chi connectivity index (χ1v) is 7.88. The summed E-state index contributed by atoms with van der Waals surface area (Å²) in [5.41, 5.74) is 1.49. The van der Waals surface area contributed by atoms with Crippen LogP contribution in [-0.2, 0) is 6.42 Å². The van der Waals surface area contributed by atoms with E-state index in [1.807, 2.05) is 0 Å². The van der Waals surface area contributed by atoms with Crippen LogP contribution in [0.2, 0.25) is 0 Å². The summed E-state index contributed by atoms with van der Waals surface area (Å²) in [6.45, 7) is 9.01. The van der Waals surface area contributed by atoms with E-state index >= 15 is 0 Å². The first-order chi connectivity index (χ1) is 9.70. The molecule has 0 aliphatic heterocycles. The van der Waals surface area contributed by atoms with Crippen LogP contribution in [0, 0.1) is 11.8 Å². The van der Waals surface area contributed by atoms with Crippen molar-refractivity contribution >= 4 is 10.8 Å². The third kappa shape index (κ3) is 4.08. The number of hydrogen-bond acceptors (Lipinski definition) is 1. The van der Waals surface area contributed by atoms with Crippen LogP contribution in [0.3, 0.4) is 0 Å². The van der Waals surface area contributed by atoms with E-state index in [0.29, 0.717) is 0 Å². The molecule has 0 amide bonds. The van der Waals surface area contributed by atoms with Crippen molar-refractivity contribution in [3.05, 3.63) is 48.0 Å². The average Bonchev–Trinajstić information content (AvgIpc) is 2.44. The maximum absolute atomic E-state index is 3.52. The first-order valence-electron chi connectivity index (χ1n) is 7.88. The smallest absolute Gasteiger partial charge is 0.00173 e. The van der Waals surface area contributed by atoms with Crippen molar-refractivity contribution in [2.75, 3.05) is 13.1 Å². The molecule has 0 aliphatic rings. The molecular formula is C19H27N. The molecule has 2 aromatic carbocycles. The lowest BCUT2D eigenvalue weighted by Gasteiger charge is -2.20. The molecule has 0 bridgehead atoms. The summed E-state index contributed by atoms with van der Waals surface area (Å²) in [6.07, 6.45) is 2.46. The Morgan fingerprint density at radius 1 is 1.00 bits per heavy atom. The zero-order chi connectivity index (χ0) is 14.4. The lowest BCUT2D eigenvalue weighted by molar-refractivity contribution is 0.389. The Morgan fingerprint density at radius 2 is 1.75 bits per heavy atom. The van der Waals surface area contributed by atoms with E-state index < -0.39 is 0 Å². The van der Waals surface area contributed by atoms with Gasteiger partial charge in [-0.2, -0.15) is 0 Å². The molecule has 0 fully saturated rings. The van der Waals surface area contributed by atoms with Crippen molar-refractivity contribution in [3.8, 4) is 0 Å². The zero-order valence-electron chi connectivity index (χ0n) is 13.0. The Bertz CT molecular complexity index is 525. The highest BCUT2D eigenvalue weighted by Gasteiger charge is 2.13. The Hall–Kier alpha value is -1.34. The minimum atomic E-state index is 0.723. The van der Waals surface area contributed by atoms with Crippen LogP contribution >= 0.6 is 0 Å². The summed E-state index contributed by atoms with van der Waals surface area (Å²) >= 11 is 0. The quantitative estimate of drug-likeness (QED) is 0.771. The van der Waals surface area contributed by atoms with Gasteiger partial charge in [-0.05, 0) is 54.1 Å². The van der Waals surface area contributed by atoms with Crippen LogP contribution in [0.4, 0.5) is 0 Å². The fourth-order valence-corrected chi connectivity index (χ4v) is 3.04. The summed E-state index contributed by atoms with van der Waals surface area (Å²) in [5.74, 6) is 1.48. The monoisotopic (exact) mass is 269 g/mol. The maximum atomic E-state index is 3.52. The lowest BCUT2D eigenvalue weighted by atomic mass is 9.89. The first kappa shape index (κ1) is 15.1. The summed E-state index contributed by atoms with van der Waals surface area (Å²) in [5, 5.41) is 6.30. The van der Waals surface area contributed by atoms with Crippen molar-refractivity contribution in [3.63, 3.8) is 0 Å². The summed E-state index contributed by atoms with van der Waals surface area (Å²) in [7, 11) is 0. The lowest BCUT2D eigenvalue weighted by Crippen LogP contribution is -2.25. The van der Waals surface area contributed by atoms with E-state index in [-0.39, 0.29) is 0 Å². The fourth-order valence-electron chi connectivity index (χ4n) is 3.04. The minimum Gasteiger partial charge on any atom is -0.317 e. The van der Waals surface area contributed by atoms with E-state index in [1.165, 1.54) is 29.2 Å². The van der Waals surface area contributed by atoms with Gasteiger partial charge in [-0.15, -0.1) is 0 Å². The summed E-state index contributed by atoms with van der Waals surface area (Å²) in [4.78, 5) is 0. The molecule has 1 unspecified atom stereocenters. The van der Waals surface area contributed by atoms with Crippen LogP contribution in [-0.4, -0.2) is 13.1 Å². The SMILES string of the molecule is CCNCC(Cc1cccc2ccccc12)CC(C)C. The Morgan fingerprint density at radius 3 is 2.50 bits per heavy atom. The van der Waals surface area contributed by atoms with Gasteiger partial charge in [-0.1, -0.05) is 63.2 Å². The molecule has 108 valence electrons. The molecule has 0 aromatic heterocycles. The summed E-state index contributed by atoms with van der Waals surface area (Å²) in [6, 6.07) is 15.4. The number of fused-ring (bicyclic) bond motifs is 1. The normalized spacial score (nSPS) is 13.0. The number of rotatable bonds is 7. The van der Waals surface area contributed by atoms with Crippen LogP contribution in [0.15, 0.2) is 42.5 Å². The van der Waals surface area contributed by atoms with Gasteiger partial charge in [0.2, 0.25) is 0 Å². The maximum Gasteiger partial charge on any atom is -0.00173 e. The van der Waals surface area contributed by atoms with Crippen LogP contribution in [0.5, 0.6) is 0 Å². The van der Waals surface area contributed by atoms with Gasteiger partial charge >= 0.3 is 0 Å². The van der Waals surface area contributed by atoms with Crippen LogP contribution in [0.1, 0.15) is 32.8 Å². The third-order valence-corrected chi connectivity index (χ3v) is 3.88. The highest BCUT2D eigenvalue weighted by atomic mass is 14.8. The molecule has 2 rings (SSSR count). The van der Waals surface area contributed by atoms with Crippen LogP contribution < -0.4 is 5.32 Å². The highest BCUT2D eigenvalue weighted by molar-refractivity contribution is 5.85. The highest BCUT2D eigenvalue weighted by Crippen LogP contribution is 2.23. The Labute approximate surface area is 123 Å². The molecule has 0 aliphatic carbocycles. The summed E-state index contributed by atoms with van der Waals surface area (Å²) < 4.78 is 0. The van der Waals surface area contributed by atoms with E-state index in [9.17, 15) is 0 Å². The van der Waals surface area contributed by atoms with Gasteiger partial charge < -0.3 is 5.32 Å². The number of benzene rings is 2. The molecule has 0 heterocycles. The molecular weight excluding hydrogens is 242 g/mol. The molecule has 1 atom stereocenters. The average molecular weight is 269 g/mol. The molecule has 20 heavy (non-hydrogen) atoms. The number of hydrogen-bond donors (Lipinski definition) is 1. The molecule has 1 N–H and O–H groups in total. The van der Waals surface area contributed by atoms with Gasteiger partial charge in [0, 0.05) is 0 Å². The van der Waals surface area contributed by atoms with E-state index in [1.54, 1.807) is 0 Å². The van der Waals surface area contributed by atoms with E-state index in [2.05, 4.69) is 68.6 Å². The topological polar surface area (TPSA) is 12.0 Å². The van der Waals surface area contributed by atoms with Crippen molar-refractivity contribution < 1.29 is 0 Å². The molecule has 0 radical (unpaired) electrons. The van der Waals surface area contributed by atoms with Crippen molar-refractivity contribution in [2.24, 2.45) is 11.8 Å². The molecule has 0 spiro atoms. The second-order valence-corrected chi connectivity index (χ2v) is 6.15. The fraction of sp³-hybridized carbons (Fsp3) is 0.474. The molecule has 2 aromatic rings. The zero-order valence-corrected chi connectivity index (χ0v) is 13.0. The predicted molar refractivity (Wildman–Crippen MR) is 89.1 cm³/mol. The van der Waals surface area contributed by atoms with Gasteiger partial charge in [-0.3, -0.25) is 0 Å². The minimum absolute atomic E-state index is 0.723. The van der Waals surface area contributed by atoms with Gasteiger partial charge in [0.25, 0.3) is 0 Å². The Balaban J connectivity index is 2.18. The second kappa shape index (κ2) is 7.44. The van der Waals surface area contributed by atoms with Crippen molar-refractivity contribution in [2.45, 2.75) is 33.6 Å². The largest absolute Gasteiger partial charge is 0.317 e. The van der Waals surface area contributed by atoms with E-state index in [4.69, 9.17) is 0 Å². The molecule has 0 saturated heterocycles. The van der Waals surface area contributed by atoms with Gasteiger partial charge in [0.05, 0.1) is 0 Å².